The SMILES string of the molecule is Cn1ncc(C(=O)N2CCC3(O)CCCCC3C2)c1-n1cccc1. The van der Waals surface area contributed by atoms with E-state index in [4.69, 9.17) is 0 Å². The molecule has 6 nitrogen and oxygen atoms in total. The number of aryl methyl sites for hydroxylation is 1. The van der Waals surface area contributed by atoms with E-state index in [2.05, 4.69) is 5.10 Å². The number of likely N-dealkylation sites (tertiary alicyclic amines) is 1. The van der Waals surface area contributed by atoms with E-state index in [0.717, 1.165) is 31.5 Å². The smallest absolute Gasteiger partial charge is 0.259 e. The van der Waals surface area contributed by atoms with Crippen LogP contribution in [-0.2, 0) is 7.05 Å². The van der Waals surface area contributed by atoms with Gasteiger partial charge in [-0.25, -0.2) is 0 Å². The van der Waals surface area contributed by atoms with Gasteiger partial charge in [0.1, 0.15) is 11.4 Å². The number of hydrogen-bond acceptors (Lipinski definition) is 3. The minimum absolute atomic E-state index is 0.0134. The zero-order valence-corrected chi connectivity index (χ0v) is 14.1. The van der Waals surface area contributed by atoms with Crippen molar-refractivity contribution in [1.29, 1.82) is 0 Å². The first kappa shape index (κ1) is 15.4. The summed E-state index contributed by atoms with van der Waals surface area (Å²) in [5.74, 6) is 1.00. The number of carbonyl (C=O) groups is 1. The lowest BCUT2D eigenvalue weighted by Gasteiger charge is -2.47. The van der Waals surface area contributed by atoms with E-state index < -0.39 is 5.60 Å². The van der Waals surface area contributed by atoms with Crippen molar-refractivity contribution in [1.82, 2.24) is 19.2 Å². The maximum absolute atomic E-state index is 13.1. The second-order valence-corrected chi connectivity index (χ2v) is 7.14. The fourth-order valence-corrected chi connectivity index (χ4v) is 4.29. The Morgan fingerprint density at radius 3 is 2.88 bits per heavy atom. The van der Waals surface area contributed by atoms with Gasteiger partial charge in [-0.3, -0.25) is 9.48 Å². The number of aromatic nitrogens is 3. The molecule has 0 spiro atoms. The molecule has 0 aromatic carbocycles. The summed E-state index contributed by atoms with van der Waals surface area (Å²) in [6, 6.07) is 3.87. The molecule has 1 aliphatic heterocycles. The standard InChI is InChI=1S/C18H24N4O2/c1-20-16(21-9-4-5-10-21)15(12-19-20)17(23)22-11-8-18(24)7-3-2-6-14(18)13-22/h4-5,9-10,12,14,24H,2-3,6-8,11,13H2,1H3. The van der Waals surface area contributed by atoms with Crippen LogP contribution in [0.25, 0.3) is 5.82 Å². The summed E-state index contributed by atoms with van der Waals surface area (Å²) < 4.78 is 3.65. The van der Waals surface area contributed by atoms with Gasteiger partial charge in [0.2, 0.25) is 0 Å². The summed E-state index contributed by atoms with van der Waals surface area (Å²) in [5.41, 5.74) is 0.0580. The van der Waals surface area contributed by atoms with Crippen molar-refractivity contribution in [3.8, 4) is 5.82 Å². The summed E-state index contributed by atoms with van der Waals surface area (Å²) in [7, 11) is 1.85. The summed E-state index contributed by atoms with van der Waals surface area (Å²) in [4.78, 5) is 15.0. The van der Waals surface area contributed by atoms with Gasteiger partial charge in [0.05, 0.1) is 11.8 Å². The molecule has 2 fully saturated rings. The van der Waals surface area contributed by atoms with Gasteiger partial charge in [-0.1, -0.05) is 12.8 Å². The molecule has 128 valence electrons. The van der Waals surface area contributed by atoms with Crippen molar-refractivity contribution >= 4 is 5.91 Å². The van der Waals surface area contributed by atoms with Crippen LogP contribution in [0.2, 0.25) is 0 Å². The lowest BCUT2D eigenvalue weighted by atomic mass is 9.71. The number of aliphatic hydroxyl groups is 1. The van der Waals surface area contributed by atoms with Crippen LogP contribution in [-0.4, -0.2) is 49.0 Å². The number of fused-ring (bicyclic) bond motifs is 1. The molecule has 1 amide bonds. The average molecular weight is 328 g/mol. The van der Waals surface area contributed by atoms with Gasteiger partial charge in [0, 0.05) is 38.4 Å². The zero-order chi connectivity index (χ0) is 16.7. The molecule has 2 aromatic rings. The number of nitrogens with zero attached hydrogens (tertiary/aromatic N) is 4. The molecular weight excluding hydrogens is 304 g/mol. The second kappa shape index (κ2) is 5.77. The Balaban J connectivity index is 1.59. The van der Waals surface area contributed by atoms with E-state index in [1.165, 1.54) is 0 Å². The molecule has 1 saturated heterocycles. The molecule has 2 atom stereocenters. The fraction of sp³-hybridized carbons (Fsp3) is 0.556. The van der Waals surface area contributed by atoms with Gasteiger partial charge in [0.15, 0.2) is 0 Å². The Morgan fingerprint density at radius 1 is 1.29 bits per heavy atom. The molecular formula is C18H24N4O2. The zero-order valence-electron chi connectivity index (χ0n) is 14.1. The van der Waals surface area contributed by atoms with Crippen molar-refractivity contribution in [3.63, 3.8) is 0 Å². The van der Waals surface area contributed by atoms with Gasteiger partial charge in [-0.15, -0.1) is 0 Å². The Hall–Kier alpha value is -2.08. The first-order valence-electron chi connectivity index (χ1n) is 8.75. The molecule has 6 heteroatoms. The molecule has 2 aromatic heterocycles. The van der Waals surface area contributed by atoms with Crippen LogP contribution >= 0.6 is 0 Å². The van der Waals surface area contributed by atoms with Crippen LogP contribution in [0.15, 0.2) is 30.7 Å². The van der Waals surface area contributed by atoms with Crippen LogP contribution < -0.4 is 0 Å². The van der Waals surface area contributed by atoms with Crippen molar-refractivity contribution < 1.29 is 9.90 Å². The highest BCUT2D eigenvalue weighted by Crippen LogP contribution is 2.40. The van der Waals surface area contributed by atoms with Gasteiger partial charge in [-0.2, -0.15) is 5.10 Å². The Morgan fingerprint density at radius 2 is 2.08 bits per heavy atom. The van der Waals surface area contributed by atoms with E-state index in [1.807, 2.05) is 41.0 Å². The summed E-state index contributed by atoms with van der Waals surface area (Å²) in [5, 5.41) is 15.1. The molecule has 4 rings (SSSR count). The van der Waals surface area contributed by atoms with Gasteiger partial charge in [0.25, 0.3) is 5.91 Å². The van der Waals surface area contributed by atoms with Crippen molar-refractivity contribution in [2.45, 2.75) is 37.7 Å². The predicted molar refractivity (Wildman–Crippen MR) is 90.0 cm³/mol. The first-order chi connectivity index (χ1) is 11.6. The Bertz CT molecular complexity index is 736. The molecule has 1 aliphatic carbocycles. The second-order valence-electron chi connectivity index (χ2n) is 7.14. The third-order valence-electron chi connectivity index (χ3n) is 5.70. The van der Waals surface area contributed by atoms with E-state index in [9.17, 15) is 9.90 Å². The third-order valence-corrected chi connectivity index (χ3v) is 5.70. The molecule has 24 heavy (non-hydrogen) atoms. The molecule has 1 N–H and O–H groups in total. The van der Waals surface area contributed by atoms with Crippen LogP contribution in [0.3, 0.4) is 0 Å². The highest BCUT2D eigenvalue weighted by atomic mass is 16.3. The van der Waals surface area contributed by atoms with Crippen molar-refractivity contribution in [2.75, 3.05) is 13.1 Å². The van der Waals surface area contributed by atoms with E-state index in [0.29, 0.717) is 25.1 Å². The molecule has 0 radical (unpaired) electrons. The Labute approximate surface area is 141 Å². The van der Waals surface area contributed by atoms with Crippen LogP contribution in [0.5, 0.6) is 0 Å². The number of amides is 1. The average Bonchev–Trinajstić information content (AvgIpc) is 3.22. The first-order valence-corrected chi connectivity index (χ1v) is 8.75. The van der Waals surface area contributed by atoms with E-state index >= 15 is 0 Å². The predicted octanol–water partition coefficient (Wildman–Crippen LogP) is 1.98. The monoisotopic (exact) mass is 328 g/mol. The maximum atomic E-state index is 13.1. The third kappa shape index (κ3) is 2.45. The highest BCUT2D eigenvalue weighted by Gasteiger charge is 2.44. The topological polar surface area (TPSA) is 63.3 Å². The molecule has 0 bridgehead atoms. The fourth-order valence-electron chi connectivity index (χ4n) is 4.29. The van der Waals surface area contributed by atoms with Gasteiger partial charge < -0.3 is 14.6 Å². The van der Waals surface area contributed by atoms with Crippen LogP contribution in [0.4, 0.5) is 0 Å². The van der Waals surface area contributed by atoms with E-state index in [1.54, 1.807) is 10.9 Å². The van der Waals surface area contributed by atoms with E-state index in [-0.39, 0.29) is 11.8 Å². The normalized spacial score (nSPS) is 27.1. The minimum atomic E-state index is -0.562. The molecule has 1 saturated carbocycles. The van der Waals surface area contributed by atoms with Crippen molar-refractivity contribution in [2.24, 2.45) is 13.0 Å². The molecule has 3 heterocycles. The molecule has 2 aliphatic rings. The van der Waals surface area contributed by atoms with Gasteiger partial charge >= 0.3 is 0 Å². The number of hydrogen-bond donors (Lipinski definition) is 1. The largest absolute Gasteiger partial charge is 0.389 e. The lowest BCUT2D eigenvalue weighted by molar-refractivity contribution is -0.0886. The molecule has 2 unspecified atom stereocenters. The quantitative estimate of drug-likeness (QED) is 0.917. The lowest BCUT2D eigenvalue weighted by Crippen LogP contribution is -2.54. The van der Waals surface area contributed by atoms with Crippen LogP contribution in [0, 0.1) is 5.92 Å². The van der Waals surface area contributed by atoms with Crippen LogP contribution in [0.1, 0.15) is 42.5 Å². The highest BCUT2D eigenvalue weighted by molar-refractivity contribution is 5.97. The summed E-state index contributed by atoms with van der Waals surface area (Å²) in [6.07, 6.45) is 10.3. The van der Waals surface area contributed by atoms with Crippen molar-refractivity contribution in [3.05, 3.63) is 36.3 Å². The Kier molecular flexibility index (Phi) is 3.72. The maximum Gasteiger partial charge on any atom is 0.259 e. The number of carbonyl (C=O) groups excluding carboxylic acids is 1. The van der Waals surface area contributed by atoms with Gasteiger partial charge in [-0.05, 0) is 31.4 Å². The summed E-state index contributed by atoms with van der Waals surface area (Å²) in [6.45, 7) is 1.27. The number of rotatable bonds is 2. The number of piperidine rings is 1. The summed E-state index contributed by atoms with van der Waals surface area (Å²) >= 11 is 0. The minimum Gasteiger partial charge on any atom is -0.389 e.